The van der Waals surface area contributed by atoms with Gasteiger partial charge in [-0.3, -0.25) is 4.79 Å². The van der Waals surface area contributed by atoms with Crippen LogP contribution in [0.5, 0.6) is 0 Å². The summed E-state index contributed by atoms with van der Waals surface area (Å²) in [5.41, 5.74) is 6.94. The molecule has 5 rings (SSSR count). The first-order valence-electron chi connectivity index (χ1n) is 12.4. The first-order valence-corrected chi connectivity index (χ1v) is 12.4. The fourth-order valence-electron chi connectivity index (χ4n) is 5.13. The van der Waals surface area contributed by atoms with Crippen LogP contribution >= 0.6 is 0 Å². The zero-order valence-corrected chi connectivity index (χ0v) is 20.1. The van der Waals surface area contributed by atoms with Crippen molar-refractivity contribution in [2.75, 3.05) is 23.3 Å². The SMILES string of the molecule is N#Cc1cnc(N2CCC[C@H](N[C@@H]3CCCC[C@H]3Nc3ncc(-c4cccc(C(N)=O)c4)o3)C2)cn1. The smallest absolute Gasteiger partial charge is 0.295 e. The summed E-state index contributed by atoms with van der Waals surface area (Å²) in [5, 5.41) is 16.4. The quantitative estimate of drug-likeness (QED) is 0.458. The Bertz CT molecular complexity index is 1240. The summed E-state index contributed by atoms with van der Waals surface area (Å²) in [4.78, 5) is 26.8. The Morgan fingerprint density at radius 3 is 2.72 bits per heavy atom. The van der Waals surface area contributed by atoms with Crippen LogP contribution in [0.25, 0.3) is 11.3 Å². The summed E-state index contributed by atoms with van der Waals surface area (Å²) in [6.07, 6.45) is 11.5. The molecule has 1 amide bonds. The van der Waals surface area contributed by atoms with E-state index in [4.69, 9.17) is 15.4 Å². The van der Waals surface area contributed by atoms with Gasteiger partial charge in [0.2, 0.25) is 5.91 Å². The molecule has 2 fully saturated rings. The molecule has 4 N–H and O–H groups in total. The number of nitrogens with one attached hydrogen (secondary N) is 2. The summed E-state index contributed by atoms with van der Waals surface area (Å²) in [5.74, 6) is 0.928. The van der Waals surface area contributed by atoms with Gasteiger partial charge in [-0.25, -0.2) is 15.0 Å². The second-order valence-electron chi connectivity index (χ2n) is 9.44. The summed E-state index contributed by atoms with van der Waals surface area (Å²) >= 11 is 0. The molecule has 186 valence electrons. The van der Waals surface area contributed by atoms with Crippen LogP contribution in [0.2, 0.25) is 0 Å². The molecule has 10 heteroatoms. The van der Waals surface area contributed by atoms with Crippen LogP contribution in [0.1, 0.15) is 54.6 Å². The monoisotopic (exact) mass is 486 g/mol. The van der Waals surface area contributed by atoms with Crippen molar-refractivity contribution < 1.29 is 9.21 Å². The number of aromatic nitrogens is 3. The molecule has 2 aliphatic rings. The highest BCUT2D eigenvalue weighted by Gasteiger charge is 2.30. The van der Waals surface area contributed by atoms with E-state index in [1.54, 1.807) is 30.6 Å². The predicted octanol–water partition coefficient (Wildman–Crippen LogP) is 3.08. The molecule has 0 bridgehead atoms. The molecule has 2 aromatic heterocycles. The molecule has 1 aliphatic heterocycles. The number of anilines is 2. The van der Waals surface area contributed by atoms with Gasteiger partial charge in [-0.2, -0.15) is 5.26 Å². The Hall–Kier alpha value is -3.97. The molecule has 0 spiro atoms. The topological polar surface area (TPSA) is 146 Å². The Kier molecular flexibility index (Phi) is 7.09. The van der Waals surface area contributed by atoms with E-state index in [0.29, 0.717) is 35.1 Å². The van der Waals surface area contributed by atoms with Crippen LogP contribution in [0.15, 0.2) is 47.3 Å². The summed E-state index contributed by atoms with van der Waals surface area (Å²) in [7, 11) is 0. The number of benzene rings is 1. The lowest BCUT2D eigenvalue weighted by atomic mass is 9.89. The number of nitrogens with zero attached hydrogens (tertiary/aromatic N) is 5. The average molecular weight is 487 g/mol. The molecule has 1 aliphatic carbocycles. The first kappa shape index (κ1) is 23.8. The average Bonchev–Trinajstić information content (AvgIpc) is 3.39. The summed E-state index contributed by atoms with van der Waals surface area (Å²) < 4.78 is 5.99. The number of hydrogen-bond donors (Lipinski definition) is 3. The van der Waals surface area contributed by atoms with Gasteiger partial charge in [0.25, 0.3) is 6.01 Å². The third-order valence-electron chi connectivity index (χ3n) is 6.96. The van der Waals surface area contributed by atoms with Crippen molar-refractivity contribution in [3.63, 3.8) is 0 Å². The van der Waals surface area contributed by atoms with Crippen LogP contribution in [-0.4, -0.2) is 52.1 Å². The van der Waals surface area contributed by atoms with E-state index in [2.05, 4.69) is 30.5 Å². The number of primary amides is 1. The second kappa shape index (κ2) is 10.7. The van der Waals surface area contributed by atoms with Crippen LogP contribution in [0.4, 0.5) is 11.8 Å². The van der Waals surface area contributed by atoms with E-state index in [1.165, 1.54) is 12.6 Å². The second-order valence-corrected chi connectivity index (χ2v) is 9.44. The van der Waals surface area contributed by atoms with Gasteiger partial charge in [0.1, 0.15) is 11.9 Å². The maximum Gasteiger partial charge on any atom is 0.295 e. The largest absolute Gasteiger partial charge is 0.424 e. The fraction of sp³-hybridized carbons (Fsp3) is 0.423. The normalized spacial score (nSPS) is 22.1. The van der Waals surface area contributed by atoms with Gasteiger partial charge >= 0.3 is 0 Å². The van der Waals surface area contributed by atoms with Crippen molar-refractivity contribution in [3.8, 4) is 17.4 Å². The van der Waals surface area contributed by atoms with Crippen LogP contribution < -0.4 is 21.3 Å². The lowest BCUT2D eigenvalue weighted by Crippen LogP contribution is -2.55. The van der Waals surface area contributed by atoms with E-state index in [9.17, 15) is 4.79 Å². The van der Waals surface area contributed by atoms with E-state index in [1.807, 2.05) is 12.1 Å². The van der Waals surface area contributed by atoms with Crippen molar-refractivity contribution in [3.05, 3.63) is 54.1 Å². The molecular weight excluding hydrogens is 456 g/mol. The van der Waals surface area contributed by atoms with Crippen LogP contribution in [-0.2, 0) is 0 Å². The minimum atomic E-state index is -0.474. The lowest BCUT2D eigenvalue weighted by Gasteiger charge is -2.39. The van der Waals surface area contributed by atoms with E-state index in [0.717, 1.165) is 56.6 Å². The molecule has 1 saturated carbocycles. The van der Waals surface area contributed by atoms with Crippen molar-refractivity contribution in [1.82, 2.24) is 20.3 Å². The zero-order chi connectivity index (χ0) is 24.9. The van der Waals surface area contributed by atoms with Crippen molar-refractivity contribution in [2.45, 2.75) is 56.7 Å². The number of piperidine rings is 1. The standard InChI is InChI=1S/C26H30N8O2/c27-12-20-13-30-24(15-29-20)34-10-4-7-19(16-34)32-21-8-1-2-9-22(21)33-26-31-14-23(36-26)17-5-3-6-18(11-17)25(28)35/h3,5-6,11,13-15,19,21-22,32H,1-2,4,7-10,16H2,(H2,28,35)(H,31,33)/t19-,21+,22+/m0/s1. The number of carbonyl (C=O) groups excluding carboxylic acids is 1. The van der Waals surface area contributed by atoms with Crippen LogP contribution in [0, 0.1) is 11.3 Å². The summed E-state index contributed by atoms with van der Waals surface area (Å²) in [6, 6.07) is 10.4. The zero-order valence-electron chi connectivity index (χ0n) is 20.1. The molecule has 3 atom stereocenters. The highest BCUT2D eigenvalue weighted by molar-refractivity contribution is 5.93. The molecule has 1 saturated heterocycles. The van der Waals surface area contributed by atoms with Crippen molar-refractivity contribution in [2.24, 2.45) is 5.73 Å². The van der Waals surface area contributed by atoms with Crippen LogP contribution in [0.3, 0.4) is 0 Å². The van der Waals surface area contributed by atoms with Crippen molar-refractivity contribution >= 4 is 17.7 Å². The Morgan fingerprint density at radius 2 is 1.94 bits per heavy atom. The first-order chi connectivity index (χ1) is 17.6. The molecular formula is C26H30N8O2. The lowest BCUT2D eigenvalue weighted by molar-refractivity contribution is 0.100. The Morgan fingerprint density at radius 1 is 1.08 bits per heavy atom. The summed E-state index contributed by atoms with van der Waals surface area (Å²) in [6.45, 7) is 1.78. The molecule has 0 radical (unpaired) electrons. The third-order valence-corrected chi connectivity index (χ3v) is 6.96. The van der Waals surface area contributed by atoms with Gasteiger partial charge in [0.15, 0.2) is 11.5 Å². The number of amides is 1. The molecule has 36 heavy (non-hydrogen) atoms. The number of hydrogen-bond acceptors (Lipinski definition) is 9. The van der Waals surface area contributed by atoms with E-state index < -0.39 is 5.91 Å². The van der Waals surface area contributed by atoms with Gasteiger partial charge in [0.05, 0.1) is 18.6 Å². The third kappa shape index (κ3) is 5.47. The van der Waals surface area contributed by atoms with E-state index in [-0.39, 0.29) is 6.04 Å². The van der Waals surface area contributed by atoms with Gasteiger partial charge in [-0.15, -0.1) is 0 Å². The number of rotatable bonds is 7. The van der Waals surface area contributed by atoms with Gasteiger partial charge in [-0.1, -0.05) is 25.0 Å². The highest BCUT2D eigenvalue weighted by Crippen LogP contribution is 2.27. The fourth-order valence-corrected chi connectivity index (χ4v) is 5.13. The van der Waals surface area contributed by atoms with Gasteiger partial charge < -0.3 is 25.7 Å². The van der Waals surface area contributed by atoms with Gasteiger partial charge in [-0.05, 0) is 37.8 Å². The highest BCUT2D eigenvalue weighted by atomic mass is 16.4. The number of carbonyl (C=O) groups is 1. The Labute approximate surface area is 209 Å². The number of nitrogens with two attached hydrogens (primary N) is 1. The maximum absolute atomic E-state index is 11.5. The van der Waals surface area contributed by atoms with E-state index >= 15 is 0 Å². The molecule has 3 aromatic rings. The number of nitriles is 1. The molecule has 3 heterocycles. The molecule has 10 nitrogen and oxygen atoms in total. The molecule has 1 aromatic carbocycles. The van der Waals surface area contributed by atoms with Crippen molar-refractivity contribution in [1.29, 1.82) is 5.26 Å². The molecule has 0 unspecified atom stereocenters. The maximum atomic E-state index is 11.5. The van der Waals surface area contributed by atoms with Gasteiger partial charge in [0, 0.05) is 42.3 Å². The number of oxazole rings is 1. The predicted molar refractivity (Wildman–Crippen MR) is 135 cm³/mol. The minimum absolute atomic E-state index is 0.201. The minimum Gasteiger partial charge on any atom is -0.424 e. The Balaban J connectivity index is 1.23.